The monoisotopic (exact) mass is 502 g/mol. The molecule has 3 saturated heterocycles. The molecule has 0 aromatic heterocycles. The number of aliphatic hydroxyl groups excluding tert-OH is 9. The second-order valence-corrected chi connectivity index (χ2v) is 8.51. The van der Waals surface area contributed by atoms with E-state index in [0.29, 0.717) is 0 Å². The molecule has 0 saturated carbocycles. The van der Waals surface area contributed by atoms with Crippen LogP contribution in [0.4, 0.5) is 0 Å². The molecule has 16 nitrogen and oxygen atoms in total. The van der Waals surface area contributed by atoms with Gasteiger partial charge in [-0.1, -0.05) is 0 Å². The van der Waals surface area contributed by atoms with Gasteiger partial charge < -0.3 is 81.1 Å². The Kier molecular flexibility index (Phi) is 9.54. The molecule has 13 N–H and O–H groups in total. The van der Waals surface area contributed by atoms with Crippen LogP contribution in [-0.2, 0) is 23.7 Å². The second kappa shape index (κ2) is 11.6. The summed E-state index contributed by atoms with van der Waals surface area (Å²) in [5, 5.41) is 89.9. The molecule has 3 aliphatic heterocycles. The summed E-state index contributed by atoms with van der Waals surface area (Å²) >= 11 is 0. The minimum atomic E-state index is -1.83. The van der Waals surface area contributed by atoms with Crippen LogP contribution in [0.2, 0.25) is 0 Å². The van der Waals surface area contributed by atoms with Crippen molar-refractivity contribution in [2.45, 2.75) is 92.0 Å². The van der Waals surface area contributed by atoms with Gasteiger partial charge in [-0.05, 0) is 0 Å². The van der Waals surface area contributed by atoms with Crippen molar-refractivity contribution in [3.05, 3.63) is 0 Å². The summed E-state index contributed by atoms with van der Waals surface area (Å²) < 4.78 is 27.0. The van der Waals surface area contributed by atoms with Crippen molar-refractivity contribution in [1.29, 1.82) is 0 Å². The van der Waals surface area contributed by atoms with E-state index in [1.54, 1.807) is 0 Å². The Labute approximate surface area is 193 Å². The van der Waals surface area contributed by atoms with E-state index in [0.717, 1.165) is 0 Å². The summed E-state index contributed by atoms with van der Waals surface area (Å²) in [6.45, 7) is -2.12. The normalized spacial score (nSPS) is 52.5. The van der Waals surface area contributed by atoms with Crippen LogP contribution in [0.5, 0.6) is 0 Å². The Balaban J connectivity index is 1.72. The van der Waals surface area contributed by atoms with Crippen LogP contribution in [0.25, 0.3) is 0 Å². The van der Waals surface area contributed by atoms with Gasteiger partial charge in [-0.3, -0.25) is 0 Å². The molecule has 0 radical (unpaired) electrons. The highest BCUT2D eigenvalue weighted by Crippen LogP contribution is 2.31. The molecule has 3 heterocycles. The van der Waals surface area contributed by atoms with Gasteiger partial charge in [-0.15, -0.1) is 0 Å². The topological polar surface area (TPSA) is 280 Å². The van der Waals surface area contributed by atoms with Crippen LogP contribution in [0.15, 0.2) is 0 Å². The van der Waals surface area contributed by atoms with Crippen LogP contribution in [0.3, 0.4) is 0 Å². The number of aliphatic hydroxyl groups is 9. The fourth-order valence-corrected chi connectivity index (χ4v) is 4.14. The lowest BCUT2D eigenvalue weighted by Crippen LogP contribution is -2.68. The molecule has 3 rings (SSSR count). The molecule has 15 atom stereocenters. The lowest BCUT2D eigenvalue weighted by Gasteiger charge is -2.48. The molecular weight excluding hydrogens is 468 g/mol. The maximum atomic E-state index is 10.7. The van der Waals surface area contributed by atoms with E-state index in [4.69, 9.17) is 35.2 Å². The van der Waals surface area contributed by atoms with Crippen molar-refractivity contribution >= 4 is 0 Å². The fraction of sp³-hybridized carbons (Fsp3) is 1.00. The van der Waals surface area contributed by atoms with Crippen LogP contribution in [-0.4, -0.2) is 158 Å². The summed E-state index contributed by atoms with van der Waals surface area (Å²) in [6.07, 6.45) is -19.6. The average Bonchev–Trinajstić information content (AvgIpc) is 2.83. The average molecular weight is 502 g/mol. The number of hydrogen-bond acceptors (Lipinski definition) is 16. The first kappa shape index (κ1) is 27.9. The van der Waals surface area contributed by atoms with Gasteiger partial charge in [0.1, 0.15) is 61.0 Å². The van der Waals surface area contributed by atoms with Crippen molar-refractivity contribution in [3.8, 4) is 0 Å². The van der Waals surface area contributed by atoms with Crippen molar-refractivity contribution in [1.82, 2.24) is 0 Å². The SMILES string of the molecule is N[C@@H]1[C@@H](O)[C@H](O[C@@H]2O[C@@H](CO)[C@@H](O[C@H]3O[C@H](CO)[C@@H](O)[C@H](O)[C@H]3N)[C@H](O)[C@H]2O)[C@@H](CO)O[C@@H]1O. The molecule has 3 aliphatic rings. The Morgan fingerprint density at radius 1 is 0.529 bits per heavy atom. The van der Waals surface area contributed by atoms with Gasteiger partial charge in [0.05, 0.1) is 31.9 Å². The van der Waals surface area contributed by atoms with E-state index in [-0.39, 0.29) is 0 Å². The predicted octanol–water partition coefficient (Wildman–Crippen LogP) is -7.64. The zero-order chi connectivity index (χ0) is 25.3. The first-order chi connectivity index (χ1) is 16.0. The number of rotatable bonds is 7. The van der Waals surface area contributed by atoms with Gasteiger partial charge in [0, 0.05) is 0 Å². The first-order valence-corrected chi connectivity index (χ1v) is 10.7. The lowest BCUT2D eigenvalue weighted by atomic mass is 9.95. The number of ether oxygens (including phenoxy) is 5. The van der Waals surface area contributed by atoms with Gasteiger partial charge in [0.15, 0.2) is 18.9 Å². The molecule has 0 bridgehead atoms. The van der Waals surface area contributed by atoms with Gasteiger partial charge in [-0.2, -0.15) is 0 Å². The molecule has 34 heavy (non-hydrogen) atoms. The third kappa shape index (κ3) is 5.37. The Morgan fingerprint density at radius 2 is 1.03 bits per heavy atom. The van der Waals surface area contributed by atoms with E-state index in [1.165, 1.54) is 0 Å². The molecule has 0 aromatic carbocycles. The van der Waals surface area contributed by atoms with Gasteiger partial charge in [0.2, 0.25) is 0 Å². The third-order valence-electron chi connectivity index (χ3n) is 6.25. The minimum Gasteiger partial charge on any atom is -0.394 e. The minimum absolute atomic E-state index is 0.675. The zero-order valence-corrected chi connectivity index (χ0v) is 18.0. The maximum Gasteiger partial charge on any atom is 0.187 e. The molecule has 0 unspecified atom stereocenters. The van der Waals surface area contributed by atoms with Crippen molar-refractivity contribution in [2.75, 3.05) is 19.8 Å². The zero-order valence-electron chi connectivity index (χ0n) is 18.0. The van der Waals surface area contributed by atoms with E-state index in [9.17, 15) is 46.0 Å². The Bertz CT molecular complexity index is 644. The van der Waals surface area contributed by atoms with Gasteiger partial charge >= 0.3 is 0 Å². The summed E-state index contributed by atoms with van der Waals surface area (Å²) in [4.78, 5) is 0. The molecule has 200 valence electrons. The van der Waals surface area contributed by atoms with Crippen molar-refractivity contribution in [2.24, 2.45) is 11.5 Å². The van der Waals surface area contributed by atoms with E-state index >= 15 is 0 Å². The molecule has 3 fully saturated rings. The molecule has 0 aliphatic carbocycles. The standard InChI is InChI=1S/C18H34N2O14/c19-7-11(26)14(5(2-22)30-16(7)29)34-18-13(28)12(27)15(6(3-23)32-18)33-17-8(20)10(25)9(24)4(1-21)31-17/h4-18,21-29H,1-3,19-20H2/t4-,5-,6+,7-,8-,9-,10-,11-,12-,13-,14-,15-,16+,17-,18+/m1/s1. The highest BCUT2D eigenvalue weighted by molar-refractivity contribution is 4.97. The molecular formula is C18H34N2O14. The van der Waals surface area contributed by atoms with Crippen molar-refractivity contribution < 1.29 is 69.6 Å². The molecule has 16 heteroatoms. The summed E-state index contributed by atoms with van der Waals surface area (Å²) in [5.41, 5.74) is 11.5. The second-order valence-electron chi connectivity index (χ2n) is 8.51. The van der Waals surface area contributed by atoms with E-state index < -0.39 is 112 Å². The largest absolute Gasteiger partial charge is 0.394 e. The van der Waals surface area contributed by atoms with Gasteiger partial charge in [0.25, 0.3) is 0 Å². The molecule has 0 amide bonds. The highest BCUT2D eigenvalue weighted by atomic mass is 16.7. The van der Waals surface area contributed by atoms with E-state index in [1.807, 2.05) is 0 Å². The summed E-state index contributed by atoms with van der Waals surface area (Å²) in [6, 6.07) is -2.63. The fourth-order valence-electron chi connectivity index (χ4n) is 4.14. The van der Waals surface area contributed by atoms with E-state index in [2.05, 4.69) is 0 Å². The van der Waals surface area contributed by atoms with Crippen LogP contribution in [0.1, 0.15) is 0 Å². The van der Waals surface area contributed by atoms with Crippen molar-refractivity contribution in [3.63, 3.8) is 0 Å². The predicted molar refractivity (Wildman–Crippen MR) is 105 cm³/mol. The smallest absolute Gasteiger partial charge is 0.187 e. The Morgan fingerprint density at radius 3 is 1.62 bits per heavy atom. The van der Waals surface area contributed by atoms with Gasteiger partial charge in [-0.25, -0.2) is 0 Å². The molecule has 0 spiro atoms. The summed E-state index contributed by atoms with van der Waals surface area (Å²) in [5.74, 6) is 0. The number of nitrogens with two attached hydrogens (primary N) is 2. The number of hydrogen-bond donors (Lipinski definition) is 11. The van der Waals surface area contributed by atoms with Crippen LogP contribution in [0, 0.1) is 0 Å². The molecule has 0 aromatic rings. The van der Waals surface area contributed by atoms with Crippen LogP contribution >= 0.6 is 0 Å². The van der Waals surface area contributed by atoms with Crippen LogP contribution < -0.4 is 11.5 Å². The summed E-state index contributed by atoms with van der Waals surface area (Å²) in [7, 11) is 0. The third-order valence-corrected chi connectivity index (χ3v) is 6.25. The highest BCUT2D eigenvalue weighted by Gasteiger charge is 2.52. The Hall–Kier alpha value is -0.640. The first-order valence-electron chi connectivity index (χ1n) is 10.7. The maximum absolute atomic E-state index is 10.7. The quantitative estimate of drug-likeness (QED) is 0.154. The lowest BCUT2D eigenvalue weighted by molar-refractivity contribution is -0.365.